The molecule has 117 heavy (non-hydrogen) atoms. The number of oxazole rings is 1. The van der Waals surface area contributed by atoms with Gasteiger partial charge in [0, 0.05) is 54.5 Å². The van der Waals surface area contributed by atoms with Gasteiger partial charge in [0.15, 0.2) is 0 Å². The average molecular weight is 1870 g/mol. The summed E-state index contributed by atoms with van der Waals surface area (Å²) >= 11 is 0. The molecule has 566 valence electrons. The third kappa shape index (κ3) is 21.9. The normalized spacial score (nSPS) is 10.3. The van der Waals surface area contributed by atoms with Crippen molar-refractivity contribution < 1.29 is 46.5 Å². The van der Waals surface area contributed by atoms with Gasteiger partial charge in [-0.25, -0.2) is 5.69 Å². The van der Waals surface area contributed by atoms with E-state index in [9.17, 15) is 0 Å². The monoisotopic (exact) mass is 1870 g/mol. The minimum Gasteiger partial charge on any atom is -0.618 e. The number of hydrogen-bond acceptors (Lipinski definition) is 8. The summed E-state index contributed by atoms with van der Waals surface area (Å²) in [6.45, 7) is 0. The second-order valence-corrected chi connectivity index (χ2v) is 26.0. The van der Waals surface area contributed by atoms with E-state index in [-0.39, 0.29) is 42.1 Å². The quantitative estimate of drug-likeness (QED) is 0.0964. The molecule has 15 heteroatoms. The van der Waals surface area contributed by atoms with Gasteiger partial charge in [-0.15, -0.1) is 144 Å². The number of imidazole rings is 1. The molecule has 0 unspecified atom stereocenters. The van der Waals surface area contributed by atoms with E-state index in [1.165, 1.54) is 38.9 Å². The fourth-order valence-corrected chi connectivity index (χ4v) is 12.3. The first kappa shape index (κ1) is 80.7. The third-order valence-electron chi connectivity index (χ3n) is 18.3. The summed E-state index contributed by atoms with van der Waals surface area (Å²) in [5, 5.41) is 25.4. The number of aryl methyl sites for hydroxylation is 1. The van der Waals surface area contributed by atoms with Gasteiger partial charge in [0.25, 0.3) is 0 Å². The molecule has 6 aromatic heterocycles. The van der Waals surface area contributed by atoms with Gasteiger partial charge in [0.1, 0.15) is 5.89 Å². The molecule has 20 aromatic rings. The number of para-hydroxylation sites is 2. The Morgan fingerprint density at radius 2 is 0.718 bits per heavy atom. The molecule has 0 N–H and O–H groups in total. The van der Waals surface area contributed by atoms with Crippen molar-refractivity contribution in [3.63, 3.8) is 0 Å². The molecule has 0 spiro atoms. The molecular formula is C102H72N12OPt2. The molecule has 14 aromatic carbocycles. The molecule has 13 nitrogen and oxygen atoms in total. The van der Waals surface area contributed by atoms with Crippen molar-refractivity contribution in [3.8, 4) is 146 Å². The van der Waals surface area contributed by atoms with Crippen LogP contribution in [0.3, 0.4) is 0 Å². The summed E-state index contributed by atoms with van der Waals surface area (Å²) in [6.07, 6.45) is 14.8. The largest absolute Gasteiger partial charge is 4.00 e. The number of benzene rings is 14. The topological polar surface area (TPSA) is 146 Å². The van der Waals surface area contributed by atoms with Gasteiger partial charge < -0.3 is 29.3 Å². The van der Waals surface area contributed by atoms with Gasteiger partial charge in [-0.05, 0) is 67.0 Å². The first-order chi connectivity index (χ1) is 56.9. The number of nitrogens with zero attached hydrogens (tertiary/aromatic N) is 12. The van der Waals surface area contributed by atoms with Crippen molar-refractivity contribution >= 4 is 0 Å². The van der Waals surface area contributed by atoms with Gasteiger partial charge in [0.2, 0.25) is 0 Å². The molecule has 0 radical (unpaired) electrons. The summed E-state index contributed by atoms with van der Waals surface area (Å²) in [5.74, 6) is 2.80. The predicted molar refractivity (Wildman–Crippen MR) is 458 cm³/mol. The van der Waals surface area contributed by atoms with Crippen LogP contribution in [0.25, 0.3) is 146 Å². The SMILES string of the molecule is Cn1ccnc1-c1[c-]ccc(-c2ccccc2)c1.[Pt+4].[Pt+4].[c-]1ccc(-c2ccccc2)cc1-c1ncco1.[c-]1ccccc1-c1cc(-c2ccccc2)n[n-]1.[c-]1ccccc1-c1nc(-c2ccccc2)n[n-]1.[c-]1ccccc1-n1cc(-c2ccc(-c3ccccc3)cc2)cn1.[c-]1ccccc1-n1cc(-c2ccc(-c3ccccc3)cc2)cn1. The summed E-state index contributed by atoms with van der Waals surface area (Å²) in [6, 6.07) is 142. The van der Waals surface area contributed by atoms with E-state index in [1.54, 1.807) is 18.7 Å². The molecule has 0 bridgehead atoms. The predicted octanol–water partition coefficient (Wildman–Crippen LogP) is 23.1. The maximum Gasteiger partial charge on any atom is 4.00 e. The van der Waals surface area contributed by atoms with E-state index >= 15 is 0 Å². The van der Waals surface area contributed by atoms with Gasteiger partial charge in [-0.2, -0.15) is 69.9 Å². The Balaban J connectivity index is 0.000000122. The molecular weight excluding hydrogens is 1800 g/mol. The van der Waals surface area contributed by atoms with E-state index in [1.807, 2.05) is 289 Å². The van der Waals surface area contributed by atoms with Crippen molar-refractivity contribution in [2.24, 2.45) is 7.05 Å². The molecule has 0 amide bonds. The molecule has 0 aliphatic carbocycles. The first-order valence-corrected chi connectivity index (χ1v) is 37.2. The average Bonchev–Trinajstić information content (AvgIpc) is 1.86. The van der Waals surface area contributed by atoms with Crippen molar-refractivity contribution in [3.05, 3.63) is 456 Å². The molecule has 0 saturated heterocycles. The minimum atomic E-state index is 0. The zero-order valence-corrected chi connectivity index (χ0v) is 67.8. The Hall–Kier alpha value is -14.4. The Labute approximate surface area is 710 Å². The third-order valence-corrected chi connectivity index (χ3v) is 18.3. The van der Waals surface area contributed by atoms with Gasteiger partial charge >= 0.3 is 42.1 Å². The van der Waals surface area contributed by atoms with Crippen LogP contribution in [-0.2, 0) is 49.2 Å². The van der Waals surface area contributed by atoms with Crippen LogP contribution in [0.1, 0.15) is 0 Å². The second kappa shape index (κ2) is 41.4. The van der Waals surface area contributed by atoms with Crippen LogP contribution in [-0.4, -0.2) is 49.3 Å². The second-order valence-electron chi connectivity index (χ2n) is 26.0. The smallest absolute Gasteiger partial charge is 0.618 e. The molecule has 0 saturated carbocycles. The van der Waals surface area contributed by atoms with Crippen LogP contribution < -0.4 is 10.2 Å². The Kier molecular flexibility index (Phi) is 28.6. The van der Waals surface area contributed by atoms with Crippen LogP contribution in [0.4, 0.5) is 0 Å². The summed E-state index contributed by atoms with van der Waals surface area (Å²) < 4.78 is 11.0. The molecule has 0 fully saturated rings. The van der Waals surface area contributed by atoms with Crippen LogP contribution >= 0.6 is 0 Å². The fourth-order valence-electron chi connectivity index (χ4n) is 12.3. The summed E-state index contributed by atoms with van der Waals surface area (Å²) in [4.78, 5) is 12.9. The van der Waals surface area contributed by atoms with Crippen LogP contribution in [0.5, 0.6) is 0 Å². The van der Waals surface area contributed by atoms with Crippen molar-refractivity contribution in [1.29, 1.82) is 0 Å². The molecule has 20 rings (SSSR count). The van der Waals surface area contributed by atoms with E-state index in [2.05, 4.69) is 215 Å². The zero-order valence-electron chi connectivity index (χ0n) is 63.2. The van der Waals surface area contributed by atoms with E-state index in [4.69, 9.17) is 4.42 Å². The van der Waals surface area contributed by atoms with Crippen molar-refractivity contribution in [1.82, 2.24) is 59.5 Å². The van der Waals surface area contributed by atoms with Gasteiger partial charge in [-0.3, -0.25) is 24.4 Å². The van der Waals surface area contributed by atoms with Crippen molar-refractivity contribution in [2.45, 2.75) is 0 Å². The molecule has 6 heterocycles. The van der Waals surface area contributed by atoms with E-state index in [0.29, 0.717) is 17.5 Å². The van der Waals surface area contributed by atoms with Crippen LogP contribution in [0.15, 0.2) is 424 Å². The Morgan fingerprint density at radius 3 is 1.15 bits per heavy atom. The Bertz CT molecular complexity index is 5860. The van der Waals surface area contributed by atoms with Gasteiger partial charge in [0.05, 0.1) is 30.7 Å². The maximum absolute atomic E-state index is 5.27. The Morgan fingerprint density at radius 1 is 0.316 bits per heavy atom. The maximum atomic E-state index is 5.27. The molecule has 0 atom stereocenters. The van der Waals surface area contributed by atoms with Crippen LogP contribution in [0.2, 0.25) is 0 Å². The number of aromatic nitrogens is 12. The number of hydrogen-bond donors (Lipinski definition) is 0. The van der Waals surface area contributed by atoms with Crippen LogP contribution in [0, 0.1) is 36.4 Å². The molecule has 0 aliphatic heterocycles. The fraction of sp³-hybridized carbons (Fsp3) is 0.00980. The zero-order chi connectivity index (χ0) is 77.8. The van der Waals surface area contributed by atoms with Crippen molar-refractivity contribution in [2.75, 3.05) is 0 Å². The number of rotatable bonds is 14. The van der Waals surface area contributed by atoms with Gasteiger partial charge in [-0.1, -0.05) is 242 Å². The molecule has 0 aliphatic rings. The standard InChI is InChI=1S/2C21H15N2.C16H13N2.C15H10N2.C15H10NO.C14H9N3.2Pt/c2*1-3-7-17(8-4-1)18-11-13-19(14-12-18)20-15-22-23(16-20)21-9-5-2-6-10-21;1-18-11-10-17-16(18)15-9-5-8-14(12-15)13-6-3-2-4-7-13;1-3-7-12(8-4-1)14-11-15(17-16-14)13-9-5-2-6-10-13;1-2-5-12(6-3-1)13-7-4-8-14(11-13)15-16-9-10-17-15;1-3-7-11(8-4-1)13-15-14(17-16-13)12-9-5-2-6-10-12;;/h2*1-9,11-16H;2-8,10-12H,1H3;1-9,11H;1-7,9-11H;1-9H;;/q3*-1;-2;-1;-2;2*+4. The van der Waals surface area contributed by atoms with E-state index < -0.39 is 0 Å². The summed E-state index contributed by atoms with van der Waals surface area (Å²) in [5.41, 5.74) is 23.6. The van der Waals surface area contributed by atoms with E-state index in [0.717, 1.165) is 89.8 Å². The summed E-state index contributed by atoms with van der Waals surface area (Å²) in [7, 11) is 1.99. The first-order valence-electron chi connectivity index (χ1n) is 37.2. The minimum absolute atomic E-state index is 0.